The molecule has 3 aromatic rings. The molecule has 9 nitrogen and oxygen atoms in total. The molecule has 0 saturated carbocycles. The minimum absolute atomic E-state index is 0.0521. The summed E-state index contributed by atoms with van der Waals surface area (Å²) in [6, 6.07) is 10.8. The predicted molar refractivity (Wildman–Crippen MR) is 116 cm³/mol. The molecule has 0 aliphatic heterocycles. The lowest BCUT2D eigenvalue weighted by Crippen LogP contribution is -2.14. The van der Waals surface area contributed by atoms with Crippen LogP contribution in [-0.2, 0) is 4.74 Å². The van der Waals surface area contributed by atoms with Crippen LogP contribution in [0, 0.1) is 10.1 Å². The van der Waals surface area contributed by atoms with Crippen molar-refractivity contribution in [2.75, 3.05) is 18.5 Å². The monoisotopic (exact) mass is 441 g/mol. The van der Waals surface area contributed by atoms with Crippen molar-refractivity contribution in [3.05, 3.63) is 69.1 Å². The Morgan fingerprint density at radius 1 is 1.13 bits per heavy atom. The first-order valence-corrected chi connectivity index (χ1v) is 10.3. The van der Waals surface area contributed by atoms with Crippen LogP contribution in [-0.4, -0.2) is 35.0 Å². The Kier molecular flexibility index (Phi) is 6.93. The lowest BCUT2D eigenvalue weighted by Gasteiger charge is -2.07. The van der Waals surface area contributed by atoms with Gasteiger partial charge in [0, 0.05) is 28.6 Å². The number of anilines is 1. The molecule has 10 heteroatoms. The van der Waals surface area contributed by atoms with Crippen molar-refractivity contribution in [3.8, 4) is 17.0 Å². The molecule has 0 saturated heterocycles. The smallest absolute Gasteiger partial charge is 0.338 e. The number of carbonyl (C=O) groups excluding carboxylic acids is 2. The molecule has 1 N–H and O–H groups in total. The fourth-order valence-corrected chi connectivity index (χ4v) is 3.47. The number of thiazole rings is 1. The van der Waals surface area contributed by atoms with Gasteiger partial charge in [0.25, 0.3) is 11.6 Å². The first-order valence-electron chi connectivity index (χ1n) is 9.38. The molecule has 1 aromatic heterocycles. The van der Waals surface area contributed by atoms with Gasteiger partial charge in [-0.05, 0) is 32.0 Å². The number of nitro benzene ring substituents is 1. The van der Waals surface area contributed by atoms with Gasteiger partial charge in [-0.2, -0.15) is 0 Å². The summed E-state index contributed by atoms with van der Waals surface area (Å²) in [5, 5.41) is 15.9. The fourth-order valence-electron chi connectivity index (χ4n) is 2.76. The third kappa shape index (κ3) is 5.23. The van der Waals surface area contributed by atoms with Crippen molar-refractivity contribution in [1.82, 2.24) is 4.98 Å². The maximum Gasteiger partial charge on any atom is 0.338 e. The third-order valence-electron chi connectivity index (χ3n) is 4.09. The van der Waals surface area contributed by atoms with Gasteiger partial charge in [0.2, 0.25) is 0 Å². The number of para-hydroxylation sites is 1. The van der Waals surface area contributed by atoms with Crippen LogP contribution in [0.3, 0.4) is 0 Å². The Bertz CT molecular complexity index is 1130. The molecule has 1 heterocycles. The van der Waals surface area contributed by atoms with Gasteiger partial charge in [0.15, 0.2) is 5.13 Å². The zero-order chi connectivity index (χ0) is 22.4. The van der Waals surface area contributed by atoms with Crippen molar-refractivity contribution < 1.29 is 24.0 Å². The minimum atomic E-state index is -0.746. The Hall–Kier alpha value is -3.79. The highest BCUT2D eigenvalue weighted by Gasteiger charge is 2.20. The zero-order valence-electron chi connectivity index (χ0n) is 16.8. The van der Waals surface area contributed by atoms with Crippen LogP contribution in [0.1, 0.15) is 34.6 Å². The number of esters is 1. The molecular weight excluding hydrogens is 422 g/mol. The number of hydrogen-bond donors (Lipinski definition) is 1. The summed E-state index contributed by atoms with van der Waals surface area (Å²) in [7, 11) is 0. The highest BCUT2D eigenvalue weighted by molar-refractivity contribution is 7.14. The van der Waals surface area contributed by atoms with E-state index < -0.39 is 16.8 Å². The standard InChI is InChI=1S/C21H19N3O6S/c1-3-29-18-8-6-5-7-16(18)17-12-31-21(22-17)23-19(25)13-9-14(20(26)30-4-2)11-15(10-13)24(27)28/h5-12H,3-4H2,1-2H3,(H,22,23,25). The summed E-state index contributed by atoms with van der Waals surface area (Å²) in [4.78, 5) is 39.6. The SMILES string of the molecule is CCOC(=O)c1cc(C(=O)Nc2nc(-c3ccccc3OCC)cs2)cc([N+](=O)[O-])c1. The molecule has 1 amide bonds. The van der Waals surface area contributed by atoms with Crippen molar-refractivity contribution in [3.63, 3.8) is 0 Å². The average molecular weight is 441 g/mol. The molecule has 0 spiro atoms. The fraction of sp³-hybridized carbons (Fsp3) is 0.190. The van der Waals surface area contributed by atoms with Gasteiger partial charge in [-0.25, -0.2) is 9.78 Å². The summed E-state index contributed by atoms with van der Waals surface area (Å²) >= 11 is 1.20. The van der Waals surface area contributed by atoms with Gasteiger partial charge in [0.1, 0.15) is 5.75 Å². The van der Waals surface area contributed by atoms with E-state index in [0.717, 1.165) is 17.7 Å². The quantitative estimate of drug-likeness (QED) is 0.309. The van der Waals surface area contributed by atoms with E-state index in [1.165, 1.54) is 17.4 Å². The highest BCUT2D eigenvalue weighted by atomic mass is 32.1. The van der Waals surface area contributed by atoms with E-state index >= 15 is 0 Å². The number of nitro groups is 1. The summed E-state index contributed by atoms with van der Waals surface area (Å²) in [6.07, 6.45) is 0. The van der Waals surface area contributed by atoms with Crippen LogP contribution in [0.15, 0.2) is 47.8 Å². The lowest BCUT2D eigenvalue weighted by molar-refractivity contribution is -0.384. The van der Waals surface area contributed by atoms with E-state index in [9.17, 15) is 19.7 Å². The van der Waals surface area contributed by atoms with Crippen LogP contribution in [0.25, 0.3) is 11.3 Å². The Morgan fingerprint density at radius 2 is 1.87 bits per heavy atom. The number of rotatable bonds is 8. The number of non-ortho nitro benzene ring substituents is 1. The largest absolute Gasteiger partial charge is 0.493 e. The number of aromatic nitrogens is 1. The second kappa shape index (κ2) is 9.81. The number of ether oxygens (including phenoxy) is 2. The van der Waals surface area contributed by atoms with Crippen molar-refractivity contribution in [2.45, 2.75) is 13.8 Å². The molecule has 3 rings (SSSR count). The van der Waals surface area contributed by atoms with Gasteiger partial charge in [0.05, 0.1) is 29.4 Å². The van der Waals surface area contributed by atoms with Gasteiger partial charge in [-0.15, -0.1) is 11.3 Å². The molecule has 0 radical (unpaired) electrons. The van der Waals surface area contributed by atoms with E-state index in [4.69, 9.17) is 9.47 Å². The molecule has 160 valence electrons. The molecule has 0 atom stereocenters. The number of nitrogens with zero attached hydrogens (tertiary/aromatic N) is 2. The summed E-state index contributed by atoms with van der Waals surface area (Å²) in [5.41, 5.74) is 0.883. The molecule has 0 unspecified atom stereocenters. The molecule has 0 bridgehead atoms. The van der Waals surface area contributed by atoms with Crippen LogP contribution >= 0.6 is 11.3 Å². The summed E-state index contributed by atoms with van der Waals surface area (Å²) in [5.74, 6) is -0.705. The Balaban J connectivity index is 1.86. The van der Waals surface area contributed by atoms with E-state index in [2.05, 4.69) is 10.3 Å². The third-order valence-corrected chi connectivity index (χ3v) is 4.85. The van der Waals surface area contributed by atoms with E-state index in [1.807, 2.05) is 31.2 Å². The minimum Gasteiger partial charge on any atom is -0.493 e. The van der Waals surface area contributed by atoms with E-state index in [0.29, 0.717) is 23.2 Å². The Labute approximate surface area is 181 Å². The Morgan fingerprint density at radius 3 is 2.58 bits per heavy atom. The van der Waals surface area contributed by atoms with Crippen LogP contribution in [0.5, 0.6) is 5.75 Å². The van der Waals surface area contributed by atoms with Gasteiger partial charge in [-0.3, -0.25) is 20.2 Å². The topological polar surface area (TPSA) is 121 Å². The maximum atomic E-state index is 12.7. The number of amides is 1. The van der Waals surface area contributed by atoms with Crippen LogP contribution in [0.4, 0.5) is 10.8 Å². The molecule has 0 fully saturated rings. The molecule has 2 aromatic carbocycles. The number of nitrogens with one attached hydrogen (secondary N) is 1. The second-order valence-electron chi connectivity index (χ2n) is 6.17. The van der Waals surface area contributed by atoms with Crippen molar-refractivity contribution in [1.29, 1.82) is 0 Å². The lowest BCUT2D eigenvalue weighted by atomic mass is 10.1. The molecule has 31 heavy (non-hydrogen) atoms. The summed E-state index contributed by atoms with van der Waals surface area (Å²) < 4.78 is 10.5. The van der Waals surface area contributed by atoms with Gasteiger partial charge >= 0.3 is 5.97 Å². The molecule has 0 aliphatic carbocycles. The zero-order valence-corrected chi connectivity index (χ0v) is 17.6. The predicted octanol–water partition coefficient (Wildman–Crippen LogP) is 4.55. The van der Waals surface area contributed by atoms with E-state index in [1.54, 1.807) is 12.3 Å². The van der Waals surface area contributed by atoms with Crippen LogP contribution < -0.4 is 10.1 Å². The first kappa shape index (κ1) is 21.9. The highest BCUT2D eigenvalue weighted by Crippen LogP contribution is 2.32. The van der Waals surface area contributed by atoms with Crippen molar-refractivity contribution in [2.24, 2.45) is 0 Å². The van der Waals surface area contributed by atoms with Gasteiger partial charge in [-0.1, -0.05) is 12.1 Å². The second-order valence-corrected chi connectivity index (χ2v) is 7.03. The first-order chi connectivity index (χ1) is 14.9. The maximum absolute atomic E-state index is 12.7. The number of hydrogen-bond acceptors (Lipinski definition) is 8. The molecular formula is C21H19N3O6S. The van der Waals surface area contributed by atoms with Crippen molar-refractivity contribution >= 4 is 34.0 Å². The average Bonchev–Trinajstić information content (AvgIpc) is 3.22. The number of carbonyl (C=O) groups is 2. The normalized spacial score (nSPS) is 10.4. The van der Waals surface area contributed by atoms with Crippen LogP contribution in [0.2, 0.25) is 0 Å². The molecule has 0 aliphatic rings. The number of benzene rings is 2. The summed E-state index contributed by atoms with van der Waals surface area (Å²) in [6.45, 7) is 4.11. The van der Waals surface area contributed by atoms with E-state index in [-0.39, 0.29) is 23.4 Å². The van der Waals surface area contributed by atoms with Gasteiger partial charge < -0.3 is 9.47 Å².